The van der Waals surface area contributed by atoms with Gasteiger partial charge in [-0.3, -0.25) is 5.32 Å². The van der Waals surface area contributed by atoms with E-state index in [0.29, 0.717) is 12.5 Å². The third-order valence-electron chi connectivity index (χ3n) is 4.14. The molecule has 21 heavy (non-hydrogen) atoms. The minimum Gasteiger partial charge on any atom is -0.497 e. The summed E-state index contributed by atoms with van der Waals surface area (Å²) >= 11 is 0. The molecule has 1 fully saturated rings. The first-order valence-corrected chi connectivity index (χ1v) is 7.66. The number of rotatable bonds is 8. The minimum atomic E-state index is -0.437. The molecule has 1 aromatic carbocycles. The zero-order chi connectivity index (χ0) is 15.3. The number of nitriles is 1. The van der Waals surface area contributed by atoms with E-state index in [2.05, 4.69) is 29.3 Å². The maximum Gasteiger partial charge on any atom is 0.127 e. The van der Waals surface area contributed by atoms with Crippen molar-refractivity contribution in [1.82, 2.24) is 5.32 Å². The van der Waals surface area contributed by atoms with Crippen molar-refractivity contribution >= 4 is 5.69 Å². The smallest absolute Gasteiger partial charge is 0.127 e. The van der Waals surface area contributed by atoms with E-state index >= 15 is 0 Å². The molecule has 1 atom stereocenters. The van der Waals surface area contributed by atoms with Crippen LogP contribution in [-0.2, 0) is 0 Å². The fourth-order valence-corrected chi connectivity index (χ4v) is 2.73. The van der Waals surface area contributed by atoms with Crippen LogP contribution in [0.1, 0.15) is 26.2 Å². The van der Waals surface area contributed by atoms with Crippen molar-refractivity contribution in [3.05, 3.63) is 24.3 Å². The van der Waals surface area contributed by atoms with Crippen LogP contribution in [0.25, 0.3) is 0 Å². The summed E-state index contributed by atoms with van der Waals surface area (Å²) < 4.78 is 5.28. The van der Waals surface area contributed by atoms with Crippen molar-refractivity contribution in [2.24, 2.45) is 5.92 Å². The van der Waals surface area contributed by atoms with Crippen LogP contribution in [0.3, 0.4) is 0 Å². The number of likely N-dealkylation sites (N-methyl/N-ethyl adjacent to an activating group) is 1. The summed E-state index contributed by atoms with van der Waals surface area (Å²) in [4.78, 5) is 2.15. The third kappa shape index (κ3) is 3.68. The fourth-order valence-electron chi connectivity index (χ4n) is 2.73. The first kappa shape index (κ1) is 15.7. The molecule has 0 radical (unpaired) electrons. The average molecular weight is 287 g/mol. The first-order chi connectivity index (χ1) is 10.1. The lowest BCUT2D eigenvalue weighted by molar-refractivity contribution is 0.369. The summed E-state index contributed by atoms with van der Waals surface area (Å²) in [6.07, 6.45) is 3.34. The van der Waals surface area contributed by atoms with Crippen molar-refractivity contribution < 1.29 is 4.74 Å². The molecule has 2 rings (SSSR count). The molecule has 4 nitrogen and oxygen atoms in total. The lowest BCUT2D eigenvalue weighted by Crippen LogP contribution is -2.54. The highest BCUT2D eigenvalue weighted by Crippen LogP contribution is 2.40. The molecule has 0 aromatic heterocycles. The third-order valence-corrected chi connectivity index (χ3v) is 4.14. The lowest BCUT2D eigenvalue weighted by atomic mass is 9.93. The van der Waals surface area contributed by atoms with Gasteiger partial charge in [-0.2, -0.15) is 5.26 Å². The topological polar surface area (TPSA) is 48.3 Å². The summed E-state index contributed by atoms with van der Waals surface area (Å²) in [7, 11) is 3.71. The van der Waals surface area contributed by atoms with Gasteiger partial charge in [0.1, 0.15) is 11.3 Å². The summed E-state index contributed by atoms with van der Waals surface area (Å²) in [6.45, 7) is 3.71. The standard InChI is InChI=1S/C17H25N3O/c1-4-10-19-17(12-18,14-8-9-14)13-20(2)15-6-5-7-16(11-15)21-3/h5-7,11,14,19H,4,8-10,13H2,1-3H3. The maximum atomic E-state index is 9.75. The molecule has 0 saturated heterocycles. The Morgan fingerprint density at radius 1 is 1.48 bits per heavy atom. The Bertz CT molecular complexity index is 507. The van der Waals surface area contributed by atoms with Crippen LogP contribution in [-0.4, -0.2) is 32.8 Å². The fraction of sp³-hybridized carbons (Fsp3) is 0.588. The molecule has 0 bridgehead atoms. The van der Waals surface area contributed by atoms with Gasteiger partial charge in [0, 0.05) is 25.3 Å². The van der Waals surface area contributed by atoms with Crippen molar-refractivity contribution in [1.29, 1.82) is 5.26 Å². The van der Waals surface area contributed by atoms with E-state index in [1.807, 2.05) is 25.2 Å². The van der Waals surface area contributed by atoms with Crippen molar-refractivity contribution in [3.63, 3.8) is 0 Å². The van der Waals surface area contributed by atoms with Crippen LogP contribution >= 0.6 is 0 Å². The van der Waals surface area contributed by atoms with Gasteiger partial charge in [0.25, 0.3) is 0 Å². The van der Waals surface area contributed by atoms with Crippen molar-refractivity contribution in [2.75, 3.05) is 32.1 Å². The molecule has 0 spiro atoms. The second kappa shape index (κ2) is 6.82. The molecular formula is C17H25N3O. The van der Waals surface area contributed by atoms with Gasteiger partial charge in [-0.15, -0.1) is 0 Å². The first-order valence-electron chi connectivity index (χ1n) is 7.66. The number of ether oxygens (including phenoxy) is 1. The number of nitrogens with one attached hydrogen (secondary N) is 1. The summed E-state index contributed by atoms with van der Waals surface area (Å²) in [5.41, 5.74) is 0.640. The van der Waals surface area contributed by atoms with E-state index in [-0.39, 0.29) is 0 Å². The Balaban J connectivity index is 2.13. The molecule has 0 aliphatic heterocycles. The summed E-state index contributed by atoms with van der Waals surface area (Å²) in [5, 5.41) is 13.2. The number of hydrogen-bond donors (Lipinski definition) is 1. The highest BCUT2D eigenvalue weighted by molar-refractivity contribution is 5.51. The van der Waals surface area contributed by atoms with Gasteiger partial charge in [0.2, 0.25) is 0 Å². The molecule has 1 aliphatic rings. The van der Waals surface area contributed by atoms with Gasteiger partial charge in [-0.1, -0.05) is 13.0 Å². The van der Waals surface area contributed by atoms with Gasteiger partial charge < -0.3 is 9.64 Å². The predicted octanol–water partition coefficient (Wildman–Crippen LogP) is 2.80. The van der Waals surface area contributed by atoms with Gasteiger partial charge in [0.15, 0.2) is 0 Å². The number of methoxy groups -OCH3 is 1. The van der Waals surface area contributed by atoms with Crippen LogP contribution in [0.15, 0.2) is 24.3 Å². The largest absolute Gasteiger partial charge is 0.497 e. The molecular weight excluding hydrogens is 262 g/mol. The van der Waals surface area contributed by atoms with E-state index in [4.69, 9.17) is 4.74 Å². The number of nitrogens with zero attached hydrogens (tertiary/aromatic N) is 2. The highest BCUT2D eigenvalue weighted by atomic mass is 16.5. The molecule has 4 heteroatoms. The Kier molecular flexibility index (Phi) is 5.08. The Morgan fingerprint density at radius 2 is 2.24 bits per heavy atom. The van der Waals surface area contributed by atoms with E-state index < -0.39 is 5.54 Å². The normalized spacial score (nSPS) is 16.9. The molecule has 1 N–H and O–H groups in total. The van der Waals surface area contributed by atoms with E-state index in [0.717, 1.165) is 37.2 Å². The zero-order valence-corrected chi connectivity index (χ0v) is 13.2. The molecule has 114 valence electrons. The second-order valence-electron chi connectivity index (χ2n) is 5.84. The highest BCUT2D eigenvalue weighted by Gasteiger charge is 2.46. The van der Waals surface area contributed by atoms with Crippen LogP contribution in [0, 0.1) is 17.2 Å². The van der Waals surface area contributed by atoms with E-state index in [1.165, 1.54) is 0 Å². The van der Waals surface area contributed by atoms with Crippen molar-refractivity contribution in [3.8, 4) is 11.8 Å². The Hall–Kier alpha value is -1.73. The number of anilines is 1. The average Bonchev–Trinajstić information content (AvgIpc) is 3.36. The summed E-state index contributed by atoms with van der Waals surface area (Å²) in [5.74, 6) is 1.32. The number of benzene rings is 1. The van der Waals surface area contributed by atoms with Crippen molar-refractivity contribution in [2.45, 2.75) is 31.7 Å². The molecule has 0 heterocycles. The lowest BCUT2D eigenvalue weighted by Gasteiger charge is -2.33. The molecule has 1 saturated carbocycles. The van der Waals surface area contributed by atoms with E-state index in [1.54, 1.807) is 7.11 Å². The monoisotopic (exact) mass is 287 g/mol. The Morgan fingerprint density at radius 3 is 2.81 bits per heavy atom. The zero-order valence-electron chi connectivity index (χ0n) is 13.2. The van der Waals surface area contributed by atoms with Crippen LogP contribution in [0.2, 0.25) is 0 Å². The van der Waals surface area contributed by atoms with Gasteiger partial charge in [0.05, 0.1) is 13.2 Å². The molecule has 1 aromatic rings. The maximum absolute atomic E-state index is 9.75. The molecule has 1 aliphatic carbocycles. The summed E-state index contributed by atoms with van der Waals surface area (Å²) in [6, 6.07) is 10.5. The van der Waals surface area contributed by atoms with Gasteiger partial charge >= 0.3 is 0 Å². The van der Waals surface area contributed by atoms with E-state index in [9.17, 15) is 5.26 Å². The van der Waals surface area contributed by atoms with Crippen LogP contribution in [0.4, 0.5) is 5.69 Å². The van der Waals surface area contributed by atoms with Crippen LogP contribution in [0.5, 0.6) is 5.75 Å². The van der Waals surface area contributed by atoms with Gasteiger partial charge in [-0.05, 0) is 43.9 Å². The van der Waals surface area contributed by atoms with Crippen LogP contribution < -0.4 is 15.0 Å². The quantitative estimate of drug-likeness (QED) is 0.798. The second-order valence-corrected chi connectivity index (χ2v) is 5.84. The molecule has 1 unspecified atom stereocenters. The predicted molar refractivity (Wildman–Crippen MR) is 85.6 cm³/mol. The Labute approximate surface area is 127 Å². The number of hydrogen-bond acceptors (Lipinski definition) is 4. The molecule has 0 amide bonds. The SMILES string of the molecule is CCCNC(C#N)(CN(C)c1cccc(OC)c1)C1CC1. The van der Waals surface area contributed by atoms with Gasteiger partial charge in [-0.25, -0.2) is 0 Å². The minimum absolute atomic E-state index is 0.437.